The molecule has 0 spiro atoms. The molecule has 1 aliphatic rings. The highest BCUT2D eigenvalue weighted by molar-refractivity contribution is 5.75. The van der Waals surface area contributed by atoms with Crippen LogP contribution in [0.5, 0.6) is 0 Å². The molecule has 0 aliphatic carbocycles. The van der Waals surface area contributed by atoms with Gasteiger partial charge in [0.05, 0.1) is 0 Å². The number of hydroxylamine groups is 1. The molecule has 2 heterocycles. The van der Waals surface area contributed by atoms with E-state index in [1.807, 2.05) is 0 Å². The van der Waals surface area contributed by atoms with Crippen LogP contribution in [0.4, 0.5) is 17.3 Å². The van der Waals surface area contributed by atoms with Crippen molar-refractivity contribution in [1.29, 1.82) is 0 Å². The highest BCUT2D eigenvalue weighted by Crippen LogP contribution is 2.23. The predicted octanol–water partition coefficient (Wildman–Crippen LogP) is -1.25. The molecule has 0 bridgehead atoms. The van der Waals surface area contributed by atoms with E-state index in [1.165, 1.54) is 12.7 Å². The maximum absolute atomic E-state index is 11.0. The molecule has 6 heteroatoms. The summed E-state index contributed by atoms with van der Waals surface area (Å²) in [6.07, 6.45) is 2.47. The minimum atomic E-state index is -0.224. The van der Waals surface area contributed by atoms with Crippen LogP contribution in [0.15, 0.2) is 11.3 Å². The van der Waals surface area contributed by atoms with Gasteiger partial charge in [0.1, 0.15) is 6.33 Å². The fraction of sp³-hybridized carbons (Fsp3) is 0. The standard InChI is InChI=1S/C5H5N5O/c6-4-3-5(8-1-7-4)9-2-10(3)11/h1-2,10H,(H2,6,7,8). The van der Waals surface area contributed by atoms with Crippen LogP contribution >= 0.6 is 0 Å². The summed E-state index contributed by atoms with van der Waals surface area (Å²) in [6.45, 7) is 0. The Morgan fingerprint density at radius 2 is 2.27 bits per heavy atom. The first kappa shape index (κ1) is 6.20. The van der Waals surface area contributed by atoms with Gasteiger partial charge in [0, 0.05) is 0 Å². The monoisotopic (exact) mass is 151 g/mol. The third-order valence-corrected chi connectivity index (χ3v) is 1.41. The number of quaternary nitrogens is 1. The molecule has 0 aromatic carbocycles. The first-order valence-electron chi connectivity index (χ1n) is 2.98. The lowest BCUT2D eigenvalue weighted by Crippen LogP contribution is -2.99. The summed E-state index contributed by atoms with van der Waals surface area (Å²) < 4.78 is 0. The first-order chi connectivity index (χ1) is 5.29. The van der Waals surface area contributed by atoms with Crippen LogP contribution in [0, 0.1) is 5.21 Å². The fourth-order valence-corrected chi connectivity index (χ4v) is 0.908. The van der Waals surface area contributed by atoms with Crippen molar-refractivity contribution in [1.82, 2.24) is 9.97 Å². The van der Waals surface area contributed by atoms with Gasteiger partial charge >= 0.3 is 0 Å². The summed E-state index contributed by atoms with van der Waals surface area (Å²) >= 11 is 0. The SMILES string of the molecule is Nc1ncnc2c1[NH+]([O-])C=N2. The Balaban J connectivity index is 2.65. The second-order valence-corrected chi connectivity index (χ2v) is 2.08. The van der Waals surface area contributed by atoms with Crippen LogP contribution in [0.1, 0.15) is 0 Å². The molecule has 0 saturated heterocycles. The molecule has 1 aromatic rings. The van der Waals surface area contributed by atoms with Crippen molar-refractivity contribution in [2.24, 2.45) is 4.99 Å². The average molecular weight is 151 g/mol. The lowest BCUT2D eigenvalue weighted by Gasteiger charge is -2.11. The number of aromatic nitrogens is 2. The second kappa shape index (κ2) is 1.97. The zero-order valence-electron chi connectivity index (χ0n) is 5.48. The Morgan fingerprint density at radius 3 is 3.00 bits per heavy atom. The number of nitrogens with one attached hydrogen (secondary N) is 1. The summed E-state index contributed by atoms with van der Waals surface area (Å²) in [7, 11) is 0. The van der Waals surface area contributed by atoms with Crippen LogP contribution < -0.4 is 10.8 Å². The Morgan fingerprint density at radius 1 is 1.45 bits per heavy atom. The average Bonchev–Trinajstić information content (AvgIpc) is 2.34. The van der Waals surface area contributed by atoms with Gasteiger partial charge in [-0.3, -0.25) is 5.06 Å². The quantitative estimate of drug-likeness (QED) is 0.453. The van der Waals surface area contributed by atoms with Crippen LogP contribution in [0.2, 0.25) is 0 Å². The maximum atomic E-state index is 11.0. The van der Waals surface area contributed by atoms with Crippen molar-refractivity contribution in [3.63, 3.8) is 0 Å². The van der Waals surface area contributed by atoms with E-state index < -0.39 is 0 Å². The van der Waals surface area contributed by atoms with Gasteiger partial charge in [-0.2, -0.15) is 4.99 Å². The third kappa shape index (κ3) is 0.769. The van der Waals surface area contributed by atoms with E-state index in [0.717, 1.165) is 0 Å². The largest absolute Gasteiger partial charge is 0.622 e. The van der Waals surface area contributed by atoms with Gasteiger partial charge in [-0.05, 0) is 0 Å². The molecule has 2 rings (SSSR count). The molecule has 0 saturated carbocycles. The van der Waals surface area contributed by atoms with Gasteiger partial charge in [0.15, 0.2) is 12.2 Å². The Bertz CT molecular complexity index is 323. The molecule has 0 fully saturated rings. The summed E-state index contributed by atoms with van der Waals surface area (Å²) in [5.74, 6) is 0.556. The molecule has 11 heavy (non-hydrogen) atoms. The number of anilines is 1. The highest BCUT2D eigenvalue weighted by atomic mass is 16.5. The topological polar surface area (TPSA) is 91.7 Å². The molecule has 0 radical (unpaired) electrons. The van der Waals surface area contributed by atoms with E-state index in [0.29, 0.717) is 11.5 Å². The van der Waals surface area contributed by atoms with Gasteiger partial charge in [0.25, 0.3) is 0 Å². The van der Waals surface area contributed by atoms with Crippen LogP contribution in [0.3, 0.4) is 0 Å². The molecule has 6 nitrogen and oxygen atoms in total. The normalized spacial score (nSPS) is 20.3. The number of hydrogen-bond acceptors (Lipinski definition) is 5. The number of hydrogen-bond donors (Lipinski definition) is 2. The number of fused-ring (bicyclic) bond motifs is 1. The predicted molar refractivity (Wildman–Crippen MR) is 38.6 cm³/mol. The van der Waals surface area contributed by atoms with E-state index >= 15 is 0 Å². The van der Waals surface area contributed by atoms with Crippen LogP contribution in [-0.2, 0) is 0 Å². The molecule has 1 aliphatic heterocycles. The summed E-state index contributed by atoms with van der Waals surface area (Å²) in [5, 5.41) is 10.8. The van der Waals surface area contributed by atoms with Gasteiger partial charge < -0.3 is 10.9 Å². The number of nitrogen functional groups attached to an aromatic ring is 1. The Hall–Kier alpha value is -1.53. The molecule has 1 aromatic heterocycles. The molecular formula is C5H5N5O. The van der Waals surface area contributed by atoms with Gasteiger partial charge in [-0.25, -0.2) is 9.97 Å². The molecule has 0 amide bonds. The third-order valence-electron chi connectivity index (χ3n) is 1.41. The zero-order chi connectivity index (χ0) is 7.84. The van der Waals surface area contributed by atoms with Crippen molar-refractivity contribution in [3.05, 3.63) is 11.5 Å². The van der Waals surface area contributed by atoms with E-state index in [1.54, 1.807) is 0 Å². The molecule has 3 N–H and O–H groups in total. The minimum absolute atomic E-state index is 0.192. The Labute approximate surface area is 62.0 Å². The van der Waals surface area contributed by atoms with Crippen LogP contribution in [-0.4, -0.2) is 16.3 Å². The number of aliphatic imine (C=N–C) groups is 1. The van der Waals surface area contributed by atoms with Gasteiger partial charge in [-0.1, -0.05) is 0 Å². The Kier molecular flexibility index (Phi) is 1.11. The van der Waals surface area contributed by atoms with E-state index in [9.17, 15) is 5.21 Å². The van der Waals surface area contributed by atoms with Crippen molar-refractivity contribution in [3.8, 4) is 0 Å². The summed E-state index contributed by atoms with van der Waals surface area (Å²) in [4.78, 5) is 11.2. The summed E-state index contributed by atoms with van der Waals surface area (Å²) in [6, 6.07) is 0. The molecule has 1 atom stereocenters. The lowest BCUT2D eigenvalue weighted by molar-refractivity contribution is -0.654. The lowest BCUT2D eigenvalue weighted by atomic mass is 10.4. The number of nitrogens with two attached hydrogens (primary N) is 1. The molecule has 1 unspecified atom stereocenters. The number of rotatable bonds is 0. The second-order valence-electron chi connectivity index (χ2n) is 2.08. The zero-order valence-corrected chi connectivity index (χ0v) is 5.48. The van der Waals surface area contributed by atoms with Crippen molar-refractivity contribution < 1.29 is 5.06 Å². The van der Waals surface area contributed by atoms with Gasteiger partial charge in [0.2, 0.25) is 11.5 Å². The van der Waals surface area contributed by atoms with E-state index in [-0.39, 0.29) is 10.9 Å². The smallest absolute Gasteiger partial charge is 0.225 e. The van der Waals surface area contributed by atoms with Crippen LogP contribution in [0.25, 0.3) is 0 Å². The first-order valence-corrected chi connectivity index (χ1v) is 2.98. The number of nitrogens with zero attached hydrogens (tertiary/aromatic N) is 3. The van der Waals surface area contributed by atoms with E-state index in [2.05, 4.69) is 15.0 Å². The van der Waals surface area contributed by atoms with Gasteiger partial charge in [-0.15, -0.1) is 0 Å². The maximum Gasteiger partial charge on any atom is 0.225 e. The highest BCUT2D eigenvalue weighted by Gasteiger charge is 2.19. The summed E-state index contributed by atoms with van der Waals surface area (Å²) in [5.41, 5.74) is 5.72. The van der Waals surface area contributed by atoms with Crippen molar-refractivity contribution in [2.75, 3.05) is 5.73 Å². The van der Waals surface area contributed by atoms with Crippen molar-refractivity contribution in [2.45, 2.75) is 0 Å². The fourth-order valence-electron chi connectivity index (χ4n) is 0.908. The van der Waals surface area contributed by atoms with E-state index in [4.69, 9.17) is 5.73 Å². The minimum Gasteiger partial charge on any atom is -0.622 e. The molecule has 56 valence electrons. The van der Waals surface area contributed by atoms with Crippen molar-refractivity contribution >= 4 is 23.7 Å². The molecular weight excluding hydrogens is 146 g/mol.